The van der Waals surface area contributed by atoms with Gasteiger partial charge in [-0.15, -0.1) is 0 Å². The van der Waals surface area contributed by atoms with E-state index in [1.54, 1.807) is 12.1 Å². The zero-order valence-electron chi connectivity index (χ0n) is 9.48. The van der Waals surface area contributed by atoms with Gasteiger partial charge in [0.25, 0.3) is 0 Å². The number of hydrogen-bond acceptors (Lipinski definition) is 4. The van der Waals surface area contributed by atoms with Crippen LogP contribution in [0.5, 0.6) is 5.75 Å². The summed E-state index contributed by atoms with van der Waals surface area (Å²) in [5.74, 6) is -1.08. The molecule has 1 aromatic carbocycles. The largest absolute Gasteiger partial charge is 0.508 e. The minimum absolute atomic E-state index is 0.00502. The molecule has 4 nitrogen and oxygen atoms in total. The lowest BCUT2D eigenvalue weighted by Crippen LogP contribution is -2.37. The molecule has 1 aliphatic heterocycles. The van der Waals surface area contributed by atoms with Gasteiger partial charge >= 0.3 is 0 Å². The topological polar surface area (TPSA) is 66.4 Å². The van der Waals surface area contributed by atoms with Crippen molar-refractivity contribution in [2.75, 3.05) is 13.1 Å². The van der Waals surface area contributed by atoms with E-state index in [4.69, 9.17) is 0 Å². The van der Waals surface area contributed by atoms with Gasteiger partial charge in [-0.3, -0.25) is 9.59 Å². The molecular weight excluding hydrogens is 218 g/mol. The van der Waals surface area contributed by atoms with Crippen molar-refractivity contribution in [2.24, 2.45) is 5.92 Å². The standard InChI is InChI=1S/C13H15NO3/c15-11-5-1-3-9(7-11)12(16)13(17)10-4-2-6-14-8-10/h1,3,5,7,10,14-15H,2,4,6,8H2. The first-order valence-electron chi connectivity index (χ1n) is 5.77. The molecule has 0 aromatic heterocycles. The molecule has 4 heteroatoms. The van der Waals surface area contributed by atoms with Gasteiger partial charge in [-0.25, -0.2) is 0 Å². The van der Waals surface area contributed by atoms with Crippen LogP contribution in [0.15, 0.2) is 24.3 Å². The highest BCUT2D eigenvalue weighted by atomic mass is 16.3. The highest BCUT2D eigenvalue weighted by molar-refractivity contribution is 6.44. The quantitative estimate of drug-likeness (QED) is 0.607. The fourth-order valence-electron chi connectivity index (χ4n) is 2.05. The lowest BCUT2D eigenvalue weighted by molar-refractivity contribution is -0.119. The molecule has 1 atom stereocenters. The van der Waals surface area contributed by atoms with Gasteiger partial charge in [0.2, 0.25) is 11.6 Å². The Morgan fingerprint density at radius 2 is 2.18 bits per heavy atom. The van der Waals surface area contributed by atoms with Crippen molar-refractivity contribution < 1.29 is 14.7 Å². The lowest BCUT2D eigenvalue weighted by Gasteiger charge is -2.20. The summed E-state index contributed by atoms with van der Waals surface area (Å²) in [6.07, 6.45) is 1.68. The highest BCUT2D eigenvalue weighted by Gasteiger charge is 2.27. The Morgan fingerprint density at radius 3 is 2.82 bits per heavy atom. The Morgan fingerprint density at radius 1 is 1.35 bits per heavy atom. The van der Waals surface area contributed by atoms with Crippen LogP contribution in [0.25, 0.3) is 0 Å². The number of phenolic OH excluding ortho intramolecular Hbond substituents is 1. The Hall–Kier alpha value is -1.68. The van der Waals surface area contributed by atoms with Gasteiger partial charge in [0.1, 0.15) is 5.75 Å². The summed E-state index contributed by atoms with van der Waals surface area (Å²) < 4.78 is 0. The summed E-state index contributed by atoms with van der Waals surface area (Å²) in [7, 11) is 0. The van der Waals surface area contributed by atoms with E-state index < -0.39 is 5.78 Å². The van der Waals surface area contributed by atoms with Crippen molar-refractivity contribution in [1.29, 1.82) is 0 Å². The van der Waals surface area contributed by atoms with Crippen LogP contribution in [0, 0.1) is 5.92 Å². The molecule has 0 radical (unpaired) electrons. The summed E-state index contributed by atoms with van der Waals surface area (Å²) in [4.78, 5) is 23.8. The van der Waals surface area contributed by atoms with Crippen LogP contribution in [0.4, 0.5) is 0 Å². The normalized spacial score (nSPS) is 19.9. The SMILES string of the molecule is O=C(C(=O)C1CCCNC1)c1cccc(O)c1. The molecule has 1 saturated heterocycles. The third-order valence-electron chi connectivity index (χ3n) is 3.00. The number of phenols is 1. The van der Waals surface area contributed by atoms with Crippen LogP contribution < -0.4 is 5.32 Å². The maximum absolute atomic E-state index is 11.9. The maximum atomic E-state index is 11.9. The second kappa shape index (κ2) is 5.10. The van der Waals surface area contributed by atoms with Crippen LogP contribution in [-0.4, -0.2) is 29.8 Å². The molecule has 1 aliphatic rings. The van der Waals surface area contributed by atoms with Crippen molar-refractivity contribution in [3.63, 3.8) is 0 Å². The molecule has 0 bridgehead atoms. The predicted molar refractivity (Wildman–Crippen MR) is 63.0 cm³/mol. The van der Waals surface area contributed by atoms with Crippen LogP contribution in [0.2, 0.25) is 0 Å². The Kier molecular flexibility index (Phi) is 3.54. The Labute approximate surface area is 99.6 Å². The number of ketones is 2. The first-order chi connectivity index (χ1) is 8.18. The molecule has 1 unspecified atom stereocenters. The first-order valence-corrected chi connectivity index (χ1v) is 5.77. The van der Waals surface area contributed by atoms with E-state index in [9.17, 15) is 14.7 Å². The van der Waals surface area contributed by atoms with E-state index in [0.717, 1.165) is 19.4 Å². The average Bonchev–Trinajstić information content (AvgIpc) is 2.38. The third kappa shape index (κ3) is 2.71. The number of Topliss-reactive ketones (excluding diaryl/α,β-unsaturated/α-hetero) is 2. The molecule has 1 fully saturated rings. The molecule has 2 rings (SSSR count). The van der Waals surface area contributed by atoms with Crippen molar-refractivity contribution in [3.8, 4) is 5.75 Å². The zero-order valence-corrected chi connectivity index (χ0v) is 9.48. The van der Waals surface area contributed by atoms with Crippen molar-refractivity contribution in [2.45, 2.75) is 12.8 Å². The van der Waals surface area contributed by atoms with Gasteiger partial charge in [0.05, 0.1) is 0 Å². The van der Waals surface area contributed by atoms with Crippen molar-refractivity contribution in [3.05, 3.63) is 29.8 Å². The van der Waals surface area contributed by atoms with E-state index in [-0.39, 0.29) is 23.0 Å². The maximum Gasteiger partial charge on any atom is 0.229 e. The fraction of sp³-hybridized carbons (Fsp3) is 0.385. The molecule has 90 valence electrons. The van der Waals surface area contributed by atoms with Crippen LogP contribution >= 0.6 is 0 Å². The summed E-state index contributed by atoms with van der Waals surface area (Å²) in [5.41, 5.74) is 0.264. The van der Waals surface area contributed by atoms with E-state index in [1.165, 1.54) is 12.1 Å². The average molecular weight is 233 g/mol. The van der Waals surface area contributed by atoms with Crippen LogP contribution in [-0.2, 0) is 4.79 Å². The molecule has 0 saturated carbocycles. The van der Waals surface area contributed by atoms with Gasteiger partial charge < -0.3 is 10.4 Å². The second-order valence-corrected chi connectivity index (χ2v) is 4.29. The number of aromatic hydroxyl groups is 1. The fourth-order valence-corrected chi connectivity index (χ4v) is 2.05. The van der Waals surface area contributed by atoms with E-state index >= 15 is 0 Å². The number of carbonyl (C=O) groups is 2. The molecule has 17 heavy (non-hydrogen) atoms. The van der Waals surface area contributed by atoms with E-state index in [2.05, 4.69) is 5.32 Å². The molecule has 0 spiro atoms. The Balaban J connectivity index is 2.11. The predicted octanol–water partition coefficient (Wildman–Crippen LogP) is 1.14. The van der Waals surface area contributed by atoms with Gasteiger partial charge in [-0.2, -0.15) is 0 Å². The number of rotatable bonds is 3. The van der Waals surface area contributed by atoms with Crippen LogP contribution in [0.3, 0.4) is 0 Å². The lowest BCUT2D eigenvalue weighted by atomic mass is 9.90. The Bertz CT molecular complexity index is 436. The molecule has 2 N–H and O–H groups in total. The van der Waals surface area contributed by atoms with Crippen LogP contribution in [0.1, 0.15) is 23.2 Å². The van der Waals surface area contributed by atoms with Crippen molar-refractivity contribution >= 4 is 11.6 Å². The van der Waals surface area contributed by atoms with Gasteiger partial charge in [-0.05, 0) is 31.5 Å². The minimum atomic E-state index is -0.505. The molecule has 1 aromatic rings. The van der Waals surface area contributed by atoms with Crippen molar-refractivity contribution in [1.82, 2.24) is 5.32 Å². The van der Waals surface area contributed by atoms with Gasteiger partial charge in [0, 0.05) is 18.0 Å². The molecule has 0 aliphatic carbocycles. The number of benzene rings is 1. The number of piperidine rings is 1. The first kappa shape index (κ1) is 11.8. The minimum Gasteiger partial charge on any atom is -0.508 e. The summed E-state index contributed by atoms with van der Waals surface area (Å²) in [5, 5.41) is 12.4. The number of hydrogen-bond donors (Lipinski definition) is 2. The number of carbonyl (C=O) groups excluding carboxylic acids is 2. The third-order valence-corrected chi connectivity index (χ3v) is 3.00. The molecule has 0 amide bonds. The summed E-state index contributed by atoms with van der Waals surface area (Å²) in [6.45, 7) is 1.48. The van der Waals surface area contributed by atoms with E-state index in [0.29, 0.717) is 6.54 Å². The van der Waals surface area contributed by atoms with E-state index in [1.807, 2.05) is 0 Å². The highest BCUT2D eigenvalue weighted by Crippen LogP contribution is 2.16. The molecular formula is C13H15NO3. The monoisotopic (exact) mass is 233 g/mol. The second-order valence-electron chi connectivity index (χ2n) is 4.29. The zero-order chi connectivity index (χ0) is 12.3. The summed E-state index contributed by atoms with van der Waals surface area (Å²) >= 11 is 0. The van der Waals surface area contributed by atoms with Gasteiger partial charge in [-0.1, -0.05) is 12.1 Å². The smallest absolute Gasteiger partial charge is 0.229 e. The number of nitrogens with one attached hydrogen (secondary N) is 1. The summed E-state index contributed by atoms with van der Waals surface area (Å²) in [6, 6.07) is 5.92. The molecule has 1 heterocycles. The van der Waals surface area contributed by atoms with Gasteiger partial charge in [0.15, 0.2) is 0 Å².